The second-order valence-corrected chi connectivity index (χ2v) is 7.56. The molecule has 148 valence electrons. The van der Waals surface area contributed by atoms with E-state index in [1.807, 2.05) is 36.3 Å². The molecule has 0 saturated carbocycles. The Hall–Kier alpha value is -3.03. The average Bonchev–Trinajstić information content (AvgIpc) is 3.39. The van der Waals surface area contributed by atoms with Gasteiger partial charge in [-0.3, -0.25) is 9.47 Å². The number of rotatable bonds is 4. The first-order chi connectivity index (χ1) is 14.2. The number of ether oxygens (including phenoxy) is 1. The molecule has 1 aliphatic rings. The number of nitrogens with zero attached hydrogens (tertiary/aromatic N) is 5. The lowest BCUT2D eigenvalue weighted by Gasteiger charge is -2.33. The fraction of sp³-hybridized carbons (Fsp3) is 0.318. The Morgan fingerprint density at radius 3 is 2.76 bits per heavy atom. The number of benzene rings is 1. The van der Waals surface area contributed by atoms with Gasteiger partial charge in [0.05, 0.1) is 30.9 Å². The fourth-order valence-electron chi connectivity index (χ4n) is 3.94. The number of hydrogen-bond donors (Lipinski definition) is 0. The van der Waals surface area contributed by atoms with Crippen molar-refractivity contribution in [2.24, 2.45) is 0 Å². The van der Waals surface area contributed by atoms with Gasteiger partial charge in [0.25, 0.3) is 0 Å². The largest absolute Gasteiger partial charge is 0.471 e. The standard InChI is InChI=1S/C22H23N5O2/c1-15-9-27(14-25-15)22-23-7-17(8-24-22)10-26-5-6-29-21(11-26)19-4-3-18-12-28-13-20(18)16(19)2/h3-4,7-9,12-14,21H,5-6,10-11H2,1-2H3. The van der Waals surface area contributed by atoms with Gasteiger partial charge in [-0.15, -0.1) is 0 Å². The molecule has 1 saturated heterocycles. The lowest BCUT2D eigenvalue weighted by Crippen LogP contribution is -2.38. The van der Waals surface area contributed by atoms with Gasteiger partial charge in [0.2, 0.25) is 5.95 Å². The predicted octanol–water partition coefficient (Wildman–Crippen LogP) is 3.60. The van der Waals surface area contributed by atoms with E-state index in [4.69, 9.17) is 9.15 Å². The van der Waals surface area contributed by atoms with Crippen molar-refractivity contribution >= 4 is 10.8 Å². The van der Waals surface area contributed by atoms with Crippen molar-refractivity contribution in [3.63, 3.8) is 0 Å². The second-order valence-electron chi connectivity index (χ2n) is 7.56. The summed E-state index contributed by atoms with van der Waals surface area (Å²) in [4.78, 5) is 15.6. The second kappa shape index (κ2) is 7.42. The van der Waals surface area contributed by atoms with Crippen molar-refractivity contribution in [1.29, 1.82) is 0 Å². The molecule has 1 fully saturated rings. The zero-order valence-corrected chi connectivity index (χ0v) is 16.6. The number of aromatic nitrogens is 4. The average molecular weight is 389 g/mol. The van der Waals surface area contributed by atoms with Crippen LogP contribution >= 0.6 is 0 Å². The van der Waals surface area contributed by atoms with Crippen LogP contribution in [0.2, 0.25) is 0 Å². The highest BCUT2D eigenvalue weighted by atomic mass is 16.5. The van der Waals surface area contributed by atoms with Crippen molar-refractivity contribution in [3.05, 3.63) is 72.0 Å². The fourth-order valence-corrected chi connectivity index (χ4v) is 3.94. The minimum Gasteiger partial charge on any atom is -0.471 e. The number of morpholine rings is 1. The van der Waals surface area contributed by atoms with Crippen LogP contribution in [0.25, 0.3) is 16.7 Å². The minimum absolute atomic E-state index is 0.0529. The van der Waals surface area contributed by atoms with E-state index in [-0.39, 0.29) is 6.10 Å². The zero-order valence-electron chi connectivity index (χ0n) is 16.6. The first-order valence-corrected chi connectivity index (χ1v) is 9.78. The van der Waals surface area contributed by atoms with Crippen molar-refractivity contribution in [1.82, 2.24) is 24.4 Å². The first-order valence-electron chi connectivity index (χ1n) is 9.78. The molecule has 0 bridgehead atoms. The molecule has 1 unspecified atom stereocenters. The van der Waals surface area contributed by atoms with Crippen molar-refractivity contribution < 1.29 is 9.15 Å². The predicted molar refractivity (Wildman–Crippen MR) is 109 cm³/mol. The summed E-state index contributed by atoms with van der Waals surface area (Å²) < 4.78 is 13.3. The van der Waals surface area contributed by atoms with E-state index < -0.39 is 0 Å². The molecular formula is C22H23N5O2. The summed E-state index contributed by atoms with van der Waals surface area (Å²) in [7, 11) is 0. The van der Waals surface area contributed by atoms with E-state index in [2.05, 4.69) is 38.9 Å². The molecule has 4 aromatic rings. The monoisotopic (exact) mass is 389 g/mol. The first kappa shape index (κ1) is 18.0. The third-order valence-corrected chi connectivity index (χ3v) is 5.51. The number of furan rings is 1. The van der Waals surface area contributed by atoms with Gasteiger partial charge in [-0.25, -0.2) is 15.0 Å². The topological polar surface area (TPSA) is 69.2 Å². The molecule has 1 atom stereocenters. The van der Waals surface area contributed by atoms with Crippen LogP contribution in [0.5, 0.6) is 0 Å². The van der Waals surface area contributed by atoms with Crippen molar-refractivity contribution in [2.45, 2.75) is 26.5 Å². The number of aryl methyl sites for hydroxylation is 2. The Balaban J connectivity index is 1.30. The maximum absolute atomic E-state index is 6.10. The van der Waals surface area contributed by atoms with E-state index in [0.717, 1.165) is 41.7 Å². The van der Waals surface area contributed by atoms with E-state index in [9.17, 15) is 0 Å². The highest BCUT2D eigenvalue weighted by Crippen LogP contribution is 2.31. The van der Waals surface area contributed by atoms with E-state index in [1.165, 1.54) is 11.1 Å². The van der Waals surface area contributed by atoms with Gasteiger partial charge in [0.1, 0.15) is 6.33 Å². The molecule has 7 heteroatoms. The lowest BCUT2D eigenvalue weighted by molar-refractivity contribution is -0.0332. The van der Waals surface area contributed by atoms with Gasteiger partial charge in [0.15, 0.2) is 0 Å². The summed E-state index contributed by atoms with van der Waals surface area (Å²) in [5.41, 5.74) is 4.49. The highest BCUT2D eigenvalue weighted by molar-refractivity contribution is 5.85. The molecular weight excluding hydrogens is 366 g/mol. The molecule has 1 aromatic carbocycles. The van der Waals surface area contributed by atoms with Gasteiger partial charge in [-0.1, -0.05) is 12.1 Å². The lowest BCUT2D eigenvalue weighted by atomic mass is 9.98. The molecule has 7 nitrogen and oxygen atoms in total. The van der Waals surface area contributed by atoms with Crippen LogP contribution in [0.4, 0.5) is 0 Å². The quantitative estimate of drug-likeness (QED) is 0.531. The summed E-state index contributed by atoms with van der Waals surface area (Å²) in [5, 5.41) is 2.28. The Labute approximate surface area is 169 Å². The molecule has 5 rings (SSSR count). The molecule has 0 amide bonds. The molecule has 3 aromatic heterocycles. The molecule has 29 heavy (non-hydrogen) atoms. The number of fused-ring (bicyclic) bond motifs is 1. The third kappa shape index (κ3) is 3.54. The molecule has 0 N–H and O–H groups in total. The summed E-state index contributed by atoms with van der Waals surface area (Å²) >= 11 is 0. The smallest absolute Gasteiger partial charge is 0.234 e. The highest BCUT2D eigenvalue weighted by Gasteiger charge is 2.24. The van der Waals surface area contributed by atoms with Crippen LogP contribution in [-0.2, 0) is 11.3 Å². The molecule has 0 spiro atoms. The van der Waals surface area contributed by atoms with E-state index in [1.54, 1.807) is 12.6 Å². The van der Waals surface area contributed by atoms with Gasteiger partial charge in [-0.05, 0) is 25.0 Å². The van der Waals surface area contributed by atoms with Gasteiger partial charge >= 0.3 is 0 Å². The SMILES string of the molecule is Cc1cn(-c2ncc(CN3CCOC(c4ccc5cocc5c4C)C3)cn2)cn1. The maximum atomic E-state index is 6.10. The van der Waals surface area contributed by atoms with Gasteiger partial charge in [0, 0.05) is 54.6 Å². The Bertz CT molecular complexity index is 1130. The van der Waals surface area contributed by atoms with Crippen LogP contribution < -0.4 is 0 Å². The summed E-state index contributed by atoms with van der Waals surface area (Å²) in [6.07, 6.45) is 11.1. The maximum Gasteiger partial charge on any atom is 0.234 e. The third-order valence-electron chi connectivity index (χ3n) is 5.51. The summed E-state index contributed by atoms with van der Waals surface area (Å²) in [6.45, 7) is 7.33. The normalized spacial score (nSPS) is 17.8. The van der Waals surface area contributed by atoms with Crippen LogP contribution in [0, 0.1) is 13.8 Å². The molecule has 0 radical (unpaired) electrons. The summed E-state index contributed by atoms with van der Waals surface area (Å²) in [6, 6.07) is 4.26. The van der Waals surface area contributed by atoms with Crippen LogP contribution in [-0.4, -0.2) is 44.1 Å². The summed E-state index contributed by atoms with van der Waals surface area (Å²) in [5.74, 6) is 0.637. The minimum atomic E-state index is 0.0529. The number of hydrogen-bond acceptors (Lipinski definition) is 6. The Morgan fingerprint density at radius 1 is 1.10 bits per heavy atom. The number of imidazole rings is 1. The van der Waals surface area contributed by atoms with Gasteiger partial charge < -0.3 is 9.15 Å². The molecule has 4 heterocycles. The Morgan fingerprint density at radius 2 is 1.97 bits per heavy atom. The van der Waals surface area contributed by atoms with Crippen LogP contribution in [0.15, 0.2) is 54.0 Å². The van der Waals surface area contributed by atoms with Crippen molar-refractivity contribution in [3.8, 4) is 5.95 Å². The van der Waals surface area contributed by atoms with Gasteiger partial charge in [-0.2, -0.15) is 0 Å². The molecule has 1 aliphatic heterocycles. The zero-order chi connectivity index (χ0) is 19.8. The Kier molecular flexibility index (Phi) is 4.61. The molecule has 0 aliphatic carbocycles. The van der Waals surface area contributed by atoms with E-state index in [0.29, 0.717) is 12.6 Å². The van der Waals surface area contributed by atoms with E-state index >= 15 is 0 Å². The van der Waals surface area contributed by atoms with Crippen LogP contribution in [0.1, 0.15) is 28.5 Å². The van der Waals surface area contributed by atoms with Crippen molar-refractivity contribution in [2.75, 3.05) is 19.7 Å². The van der Waals surface area contributed by atoms with Crippen LogP contribution in [0.3, 0.4) is 0 Å².